The number of aliphatic imine (C=N–C) groups is 1. The van der Waals surface area contributed by atoms with Gasteiger partial charge in [-0.25, -0.2) is 4.99 Å². The summed E-state index contributed by atoms with van der Waals surface area (Å²) in [5, 5.41) is 21.2. The Morgan fingerprint density at radius 1 is 1.44 bits per heavy atom. The van der Waals surface area contributed by atoms with Crippen molar-refractivity contribution in [2.75, 3.05) is 19.6 Å². The van der Waals surface area contributed by atoms with E-state index in [-0.39, 0.29) is 30.5 Å². The van der Waals surface area contributed by atoms with E-state index in [1.807, 2.05) is 20.2 Å². The average Bonchev–Trinajstić information content (AvgIpc) is 3.14. The second-order valence-electron chi connectivity index (χ2n) is 5.75. The molecule has 1 atom stereocenters. The smallest absolute Gasteiger partial charge is 0.191 e. The SMILES string of the molecule is CCNC(=NCC(C)(O)c1cnn(C)c1)NCCc1ccc(Br)s1.I. The summed E-state index contributed by atoms with van der Waals surface area (Å²) in [6.45, 7) is 5.59. The normalized spacial score (nSPS) is 13.9. The minimum absolute atomic E-state index is 0. The second kappa shape index (κ2) is 10.5. The molecule has 0 aliphatic rings. The number of rotatable bonds is 7. The van der Waals surface area contributed by atoms with E-state index in [1.165, 1.54) is 4.88 Å². The van der Waals surface area contributed by atoms with Gasteiger partial charge in [0.2, 0.25) is 0 Å². The first-order valence-corrected chi connectivity index (χ1v) is 9.49. The second-order valence-corrected chi connectivity index (χ2v) is 8.30. The van der Waals surface area contributed by atoms with Gasteiger partial charge in [-0.05, 0) is 48.3 Å². The zero-order valence-corrected chi connectivity index (χ0v) is 19.4. The van der Waals surface area contributed by atoms with Crippen molar-refractivity contribution in [3.8, 4) is 0 Å². The molecule has 2 aromatic heterocycles. The summed E-state index contributed by atoms with van der Waals surface area (Å²) in [5.41, 5.74) is -0.289. The van der Waals surface area contributed by atoms with Gasteiger partial charge >= 0.3 is 0 Å². The van der Waals surface area contributed by atoms with Gasteiger partial charge in [0, 0.05) is 36.8 Å². The number of hydrogen-bond acceptors (Lipinski definition) is 4. The number of aromatic nitrogens is 2. The van der Waals surface area contributed by atoms with E-state index in [0.29, 0.717) is 5.96 Å². The predicted molar refractivity (Wildman–Crippen MR) is 118 cm³/mol. The van der Waals surface area contributed by atoms with Crippen LogP contribution in [0, 0.1) is 0 Å². The summed E-state index contributed by atoms with van der Waals surface area (Å²) in [4.78, 5) is 5.82. The van der Waals surface area contributed by atoms with E-state index in [2.05, 4.69) is 48.8 Å². The van der Waals surface area contributed by atoms with Crippen molar-refractivity contribution in [2.24, 2.45) is 12.0 Å². The van der Waals surface area contributed by atoms with E-state index in [9.17, 15) is 5.11 Å². The summed E-state index contributed by atoms with van der Waals surface area (Å²) < 4.78 is 2.82. The zero-order valence-electron chi connectivity index (χ0n) is 14.6. The highest BCUT2D eigenvalue weighted by atomic mass is 127. The molecule has 0 aromatic carbocycles. The van der Waals surface area contributed by atoms with Crippen LogP contribution in [0.4, 0.5) is 0 Å². The number of aryl methyl sites for hydroxylation is 1. The fourth-order valence-electron chi connectivity index (χ4n) is 2.16. The molecule has 1 unspecified atom stereocenters. The molecule has 0 spiro atoms. The quantitative estimate of drug-likeness (QED) is 0.286. The number of guanidine groups is 1. The molecule has 0 aliphatic carbocycles. The minimum Gasteiger partial charge on any atom is -0.383 e. The van der Waals surface area contributed by atoms with Crippen LogP contribution in [0.3, 0.4) is 0 Å². The van der Waals surface area contributed by atoms with Gasteiger partial charge in [-0.15, -0.1) is 35.3 Å². The van der Waals surface area contributed by atoms with Gasteiger partial charge in [-0.2, -0.15) is 5.10 Å². The lowest BCUT2D eigenvalue weighted by molar-refractivity contribution is 0.0672. The summed E-state index contributed by atoms with van der Waals surface area (Å²) >= 11 is 5.21. The van der Waals surface area contributed by atoms with Gasteiger partial charge in [-0.1, -0.05) is 0 Å². The molecule has 2 rings (SSSR count). The third-order valence-corrected chi connectivity index (χ3v) is 5.19. The van der Waals surface area contributed by atoms with Crippen molar-refractivity contribution in [3.05, 3.63) is 38.8 Å². The first kappa shape index (κ1) is 22.4. The highest BCUT2D eigenvalue weighted by molar-refractivity contribution is 14.0. The number of aliphatic hydroxyl groups is 1. The number of halogens is 2. The van der Waals surface area contributed by atoms with Crippen LogP contribution in [0.1, 0.15) is 24.3 Å². The van der Waals surface area contributed by atoms with E-state index < -0.39 is 5.60 Å². The monoisotopic (exact) mass is 541 g/mol. The lowest BCUT2D eigenvalue weighted by Gasteiger charge is -2.20. The largest absolute Gasteiger partial charge is 0.383 e. The van der Waals surface area contributed by atoms with Gasteiger partial charge in [0.15, 0.2) is 5.96 Å². The topological polar surface area (TPSA) is 74.5 Å². The maximum absolute atomic E-state index is 10.6. The fourth-order valence-corrected chi connectivity index (χ4v) is 3.64. The van der Waals surface area contributed by atoms with Gasteiger partial charge < -0.3 is 15.7 Å². The van der Waals surface area contributed by atoms with Crippen molar-refractivity contribution < 1.29 is 5.11 Å². The van der Waals surface area contributed by atoms with Crippen LogP contribution in [0.2, 0.25) is 0 Å². The molecular formula is C16H25BrIN5OS. The van der Waals surface area contributed by atoms with Gasteiger partial charge in [0.25, 0.3) is 0 Å². The average molecular weight is 542 g/mol. The third kappa shape index (κ3) is 7.24. The molecule has 0 saturated heterocycles. The zero-order chi connectivity index (χ0) is 17.6. The van der Waals surface area contributed by atoms with E-state index in [1.54, 1.807) is 29.1 Å². The van der Waals surface area contributed by atoms with Crippen LogP contribution in [0.15, 0.2) is 33.3 Å². The minimum atomic E-state index is -1.05. The molecule has 0 aliphatic heterocycles. The Morgan fingerprint density at radius 2 is 2.20 bits per heavy atom. The molecule has 2 aromatic rings. The Labute approximate surface area is 178 Å². The first-order valence-electron chi connectivity index (χ1n) is 7.88. The highest BCUT2D eigenvalue weighted by Gasteiger charge is 2.24. The Bertz CT molecular complexity index is 686. The summed E-state index contributed by atoms with van der Waals surface area (Å²) in [7, 11) is 1.83. The number of nitrogens with zero attached hydrogens (tertiary/aromatic N) is 3. The molecule has 0 saturated carbocycles. The summed E-state index contributed by atoms with van der Waals surface area (Å²) in [6.07, 6.45) is 4.41. The van der Waals surface area contributed by atoms with Crippen molar-refractivity contribution in [2.45, 2.75) is 25.9 Å². The highest BCUT2D eigenvalue weighted by Crippen LogP contribution is 2.22. The summed E-state index contributed by atoms with van der Waals surface area (Å²) in [6, 6.07) is 4.18. The van der Waals surface area contributed by atoms with Crippen LogP contribution < -0.4 is 10.6 Å². The van der Waals surface area contributed by atoms with Crippen molar-refractivity contribution in [1.82, 2.24) is 20.4 Å². The molecule has 0 radical (unpaired) electrons. The molecule has 0 fully saturated rings. The van der Waals surface area contributed by atoms with E-state index in [0.717, 1.165) is 28.9 Å². The lowest BCUT2D eigenvalue weighted by Crippen LogP contribution is -2.39. The third-order valence-electron chi connectivity index (χ3n) is 3.51. The van der Waals surface area contributed by atoms with Gasteiger partial charge in [-0.3, -0.25) is 4.68 Å². The molecular weight excluding hydrogens is 517 g/mol. The van der Waals surface area contributed by atoms with E-state index in [4.69, 9.17) is 0 Å². The van der Waals surface area contributed by atoms with Crippen molar-refractivity contribution in [1.29, 1.82) is 0 Å². The van der Waals surface area contributed by atoms with Crippen LogP contribution >= 0.6 is 51.2 Å². The molecule has 0 amide bonds. The van der Waals surface area contributed by atoms with Crippen LogP contribution in [-0.4, -0.2) is 40.5 Å². The maximum atomic E-state index is 10.6. The molecule has 2 heterocycles. The Kier molecular flexibility index (Phi) is 9.39. The summed E-state index contributed by atoms with van der Waals surface area (Å²) in [5.74, 6) is 0.706. The van der Waals surface area contributed by atoms with Crippen molar-refractivity contribution >= 4 is 57.2 Å². The Balaban J connectivity index is 0.00000312. The first-order chi connectivity index (χ1) is 11.4. The molecule has 9 heteroatoms. The number of nitrogens with one attached hydrogen (secondary N) is 2. The Hall–Kier alpha value is -0.650. The van der Waals surface area contributed by atoms with Crippen LogP contribution in [0.25, 0.3) is 0 Å². The molecule has 140 valence electrons. The predicted octanol–water partition coefficient (Wildman–Crippen LogP) is 2.87. The van der Waals surface area contributed by atoms with Crippen molar-refractivity contribution in [3.63, 3.8) is 0 Å². The number of hydrogen-bond donors (Lipinski definition) is 3. The van der Waals surface area contributed by atoms with Crippen LogP contribution in [0.5, 0.6) is 0 Å². The van der Waals surface area contributed by atoms with Gasteiger partial charge in [0.05, 0.1) is 16.5 Å². The maximum Gasteiger partial charge on any atom is 0.191 e. The standard InChI is InChI=1S/C16H24BrN5OS.HI/c1-4-18-15(19-8-7-13-5-6-14(17)24-13)20-11-16(2,23)12-9-21-22(3)10-12;/h5-6,9-10,23H,4,7-8,11H2,1-3H3,(H2,18,19,20);1H. The molecule has 25 heavy (non-hydrogen) atoms. The van der Waals surface area contributed by atoms with Crippen LogP contribution in [-0.2, 0) is 19.1 Å². The fraction of sp³-hybridized carbons (Fsp3) is 0.500. The lowest BCUT2D eigenvalue weighted by atomic mass is 10.0. The van der Waals surface area contributed by atoms with Gasteiger partial charge in [0.1, 0.15) is 5.60 Å². The van der Waals surface area contributed by atoms with E-state index >= 15 is 0 Å². The number of thiophene rings is 1. The Morgan fingerprint density at radius 3 is 2.76 bits per heavy atom. The molecule has 3 N–H and O–H groups in total. The molecule has 6 nitrogen and oxygen atoms in total. The molecule has 0 bridgehead atoms.